The van der Waals surface area contributed by atoms with Crippen LogP contribution in [0.4, 0.5) is 0 Å². The number of hydrogen-bond donors (Lipinski definition) is 10. The van der Waals surface area contributed by atoms with Gasteiger partial charge in [-0.15, -0.1) is 0 Å². The van der Waals surface area contributed by atoms with Gasteiger partial charge in [0.05, 0.1) is 11.5 Å². The van der Waals surface area contributed by atoms with Gasteiger partial charge in [-0.3, -0.25) is 9.59 Å². The number of carboxylic acids is 3. The Balaban J connectivity index is 0.00000106. The van der Waals surface area contributed by atoms with Crippen molar-refractivity contribution in [2.45, 2.75) is 187 Å². The molecule has 7 aliphatic rings. The number of carboxylic acid groups (broad SMARTS) is 3. The molecule has 18 heteroatoms. The molecule has 5 aliphatic carbocycles. The van der Waals surface area contributed by atoms with Crippen LogP contribution in [0.25, 0.3) is 0 Å². The van der Waals surface area contributed by atoms with E-state index >= 15 is 0 Å². The van der Waals surface area contributed by atoms with Gasteiger partial charge < -0.3 is 71.3 Å². The first-order chi connectivity index (χ1) is 29.7. The molecule has 2 aliphatic heterocycles. The summed E-state index contributed by atoms with van der Waals surface area (Å²) in [5.41, 5.74) is 8.51. The fraction of sp³-hybridized carbons (Fsp3) is 0.870. The third-order valence-electron chi connectivity index (χ3n) is 17.9. The summed E-state index contributed by atoms with van der Waals surface area (Å²) >= 11 is 0. The monoisotopic (exact) mass is 911 g/mol. The van der Waals surface area contributed by atoms with E-state index in [1.54, 1.807) is 0 Å². The molecule has 18 nitrogen and oxygen atoms in total. The molecule has 0 aromatic heterocycles. The number of allylic oxidation sites excluding steroid dienone is 2. The number of carbonyl (C=O) groups is 4. The second kappa shape index (κ2) is 18.1. The van der Waals surface area contributed by atoms with Gasteiger partial charge >= 0.3 is 17.9 Å². The standard InChI is InChI=1S/C42H62O16.C4H12N2/c1-37(2)21-8-11-42(7)31(20(43)16-18-19-17-39(4,36(53)54)13-12-38(19,3)14-15-41(18,42)6)40(21,5)10-9-22(37)55-35-30(26(47)25(46)29(57-35)33(51)52)58-34-27(48)23(44)24(45)28(56-34)32(49)50;5-3-1-2-4-6/h16,19,21-31,34-35,44-48H,8-15,17H2,1-7H3,(H,49,50)(H,51,52)(H,53,54);1-6H2/t19-,21?,22-,23?,24?,25?,26?,27?,28?,29?,30?,31?,34?,35?,38+,39-,40-,41?,42+;/m0./s1. The zero-order valence-electron chi connectivity index (χ0n) is 38.4. The van der Waals surface area contributed by atoms with Gasteiger partial charge in [-0.05, 0) is 136 Å². The van der Waals surface area contributed by atoms with Crippen molar-refractivity contribution < 1.29 is 79.0 Å². The fourth-order valence-electron chi connectivity index (χ4n) is 13.7. The summed E-state index contributed by atoms with van der Waals surface area (Å²) in [5.74, 6) is -4.47. The smallest absolute Gasteiger partial charge is 0.335 e. The van der Waals surface area contributed by atoms with Crippen molar-refractivity contribution in [2.75, 3.05) is 13.1 Å². The Hall–Kier alpha value is -2.62. The molecule has 13 unspecified atom stereocenters. The Morgan fingerprint density at radius 1 is 0.703 bits per heavy atom. The Morgan fingerprint density at radius 3 is 1.83 bits per heavy atom. The predicted octanol–water partition coefficient (Wildman–Crippen LogP) is 1.93. The van der Waals surface area contributed by atoms with Gasteiger partial charge in [0.15, 0.2) is 30.6 Å². The number of carbonyl (C=O) groups excluding carboxylic acids is 1. The van der Waals surface area contributed by atoms with E-state index in [1.807, 2.05) is 26.8 Å². The van der Waals surface area contributed by atoms with E-state index in [0.29, 0.717) is 25.7 Å². The molecule has 364 valence electrons. The average Bonchev–Trinajstić information content (AvgIpc) is 3.21. The Labute approximate surface area is 375 Å². The number of aliphatic carboxylic acids is 3. The molecule has 19 atom stereocenters. The minimum absolute atomic E-state index is 0.0217. The maximum absolute atomic E-state index is 14.8. The van der Waals surface area contributed by atoms with Crippen LogP contribution in [0, 0.1) is 50.2 Å². The first-order valence-corrected chi connectivity index (χ1v) is 23.1. The molecule has 12 N–H and O–H groups in total. The Bertz CT molecular complexity index is 1810. The topological polar surface area (TPSA) is 319 Å². The summed E-state index contributed by atoms with van der Waals surface area (Å²) in [6.07, 6.45) is -10.1. The number of ketones is 1. The van der Waals surface area contributed by atoms with Crippen LogP contribution in [0.15, 0.2) is 11.6 Å². The highest BCUT2D eigenvalue weighted by Gasteiger charge is 2.71. The van der Waals surface area contributed by atoms with E-state index < -0.39 is 107 Å². The van der Waals surface area contributed by atoms with Crippen LogP contribution in [-0.2, 0) is 38.1 Å². The molecule has 0 aromatic carbocycles. The van der Waals surface area contributed by atoms with Gasteiger partial charge in [0.2, 0.25) is 0 Å². The highest BCUT2D eigenvalue weighted by molar-refractivity contribution is 5.95. The molecule has 0 aromatic rings. The van der Waals surface area contributed by atoms with Crippen LogP contribution in [-0.4, -0.2) is 145 Å². The SMILES string of the molecule is CC1(C)C2CC[C@]3(C)C(C(=O)C=C4[C@@H]5C[C@@](C)(C(=O)O)CC[C@]5(C)CCC43C)[C@@]2(C)CC[C@@H]1OC1OC(C(=O)O)C(O)C(O)C1OC1OC(C(=O)O)C(O)C(O)C1O.NCCCCN. The summed E-state index contributed by atoms with van der Waals surface area (Å²) < 4.78 is 23.4. The molecular formula is C46H74N2O16. The summed E-state index contributed by atoms with van der Waals surface area (Å²) in [7, 11) is 0. The molecule has 0 spiro atoms. The molecule has 2 heterocycles. The highest BCUT2D eigenvalue weighted by atomic mass is 16.8. The summed E-state index contributed by atoms with van der Waals surface area (Å²) in [6, 6.07) is 0. The first kappa shape index (κ1) is 50.8. The lowest BCUT2D eigenvalue weighted by Gasteiger charge is -2.70. The third kappa shape index (κ3) is 8.28. The van der Waals surface area contributed by atoms with Gasteiger partial charge in [-0.1, -0.05) is 47.1 Å². The van der Waals surface area contributed by atoms with E-state index in [4.69, 9.17) is 30.4 Å². The van der Waals surface area contributed by atoms with Crippen molar-refractivity contribution >= 4 is 23.7 Å². The number of hydrogen-bond acceptors (Lipinski definition) is 15. The minimum Gasteiger partial charge on any atom is -0.481 e. The number of rotatable bonds is 10. The molecule has 2 saturated heterocycles. The van der Waals surface area contributed by atoms with Gasteiger partial charge in [0.25, 0.3) is 0 Å². The van der Waals surface area contributed by atoms with Crippen molar-refractivity contribution in [3.8, 4) is 0 Å². The Kier molecular flexibility index (Phi) is 14.4. The maximum atomic E-state index is 14.8. The van der Waals surface area contributed by atoms with E-state index in [1.165, 1.54) is 0 Å². The zero-order valence-corrected chi connectivity index (χ0v) is 38.4. The van der Waals surface area contributed by atoms with Crippen LogP contribution in [0.5, 0.6) is 0 Å². The normalized spacial score (nSPS) is 48.5. The molecule has 0 radical (unpaired) electrons. The number of ether oxygens (including phenoxy) is 4. The second-order valence-electron chi connectivity index (χ2n) is 21.9. The summed E-state index contributed by atoms with van der Waals surface area (Å²) in [5, 5.41) is 83.0. The van der Waals surface area contributed by atoms with E-state index in [0.717, 1.165) is 63.6 Å². The fourth-order valence-corrected chi connectivity index (χ4v) is 13.7. The number of aliphatic hydroxyl groups is 5. The van der Waals surface area contributed by atoms with Crippen molar-refractivity contribution in [1.29, 1.82) is 0 Å². The van der Waals surface area contributed by atoms with Crippen LogP contribution < -0.4 is 11.5 Å². The van der Waals surface area contributed by atoms with Crippen molar-refractivity contribution in [2.24, 2.45) is 61.7 Å². The quantitative estimate of drug-likeness (QED) is 0.111. The molecule has 4 saturated carbocycles. The van der Waals surface area contributed by atoms with Crippen molar-refractivity contribution in [1.82, 2.24) is 0 Å². The van der Waals surface area contributed by atoms with Crippen LogP contribution in [0.3, 0.4) is 0 Å². The van der Waals surface area contributed by atoms with Gasteiger partial charge in [0.1, 0.15) is 36.6 Å². The lowest BCUT2D eigenvalue weighted by molar-refractivity contribution is -0.371. The zero-order chi connectivity index (χ0) is 47.7. The molecular weight excluding hydrogens is 837 g/mol. The highest BCUT2D eigenvalue weighted by Crippen LogP contribution is 2.75. The molecule has 6 fully saturated rings. The minimum atomic E-state index is -2.05. The Morgan fingerprint density at radius 2 is 1.27 bits per heavy atom. The van der Waals surface area contributed by atoms with E-state index in [2.05, 4.69) is 27.7 Å². The lowest BCUT2D eigenvalue weighted by atomic mass is 9.33. The second-order valence-corrected chi connectivity index (χ2v) is 21.9. The third-order valence-corrected chi connectivity index (χ3v) is 17.9. The molecule has 0 amide bonds. The summed E-state index contributed by atoms with van der Waals surface area (Å²) in [4.78, 5) is 51.3. The van der Waals surface area contributed by atoms with Gasteiger partial charge in [-0.2, -0.15) is 0 Å². The number of unbranched alkanes of at least 4 members (excludes halogenated alkanes) is 1. The van der Waals surface area contributed by atoms with Crippen LogP contribution in [0.1, 0.15) is 119 Å². The average molecular weight is 911 g/mol. The largest absolute Gasteiger partial charge is 0.481 e. The lowest BCUT2D eigenvalue weighted by Crippen LogP contribution is -2.68. The maximum Gasteiger partial charge on any atom is 0.335 e. The predicted molar refractivity (Wildman–Crippen MR) is 227 cm³/mol. The van der Waals surface area contributed by atoms with E-state index in [9.17, 15) is 60.0 Å². The van der Waals surface area contributed by atoms with E-state index in [-0.39, 0.29) is 34.4 Å². The first-order valence-electron chi connectivity index (χ1n) is 23.1. The van der Waals surface area contributed by atoms with Crippen LogP contribution in [0.2, 0.25) is 0 Å². The molecule has 7 rings (SSSR count). The molecule has 64 heavy (non-hydrogen) atoms. The number of nitrogens with two attached hydrogens (primary N) is 2. The number of fused-ring (bicyclic) bond motifs is 7. The van der Waals surface area contributed by atoms with Crippen molar-refractivity contribution in [3.63, 3.8) is 0 Å². The van der Waals surface area contributed by atoms with Crippen LogP contribution >= 0.6 is 0 Å². The van der Waals surface area contributed by atoms with Gasteiger partial charge in [0, 0.05) is 5.92 Å². The van der Waals surface area contributed by atoms with Crippen molar-refractivity contribution in [3.05, 3.63) is 11.6 Å². The molecule has 0 bridgehead atoms. The van der Waals surface area contributed by atoms with Gasteiger partial charge in [-0.25, -0.2) is 9.59 Å². The summed E-state index contributed by atoms with van der Waals surface area (Å²) in [6.45, 7) is 16.4. The number of aliphatic hydroxyl groups excluding tert-OH is 5.